The lowest BCUT2D eigenvalue weighted by Gasteiger charge is -2.14. The molecule has 1 fully saturated rings. The van der Waals surface area contributed by atoms with E-state index >= 15 is 0 Å². The Bertz CT molecular complexity index is 1040. The van der Waals surface area contributed by atoms with Crippen LogP contribution in [-0.4, -0.2) is 47.5 Å². The van der Waals surface area contributed by atoms with Gasteiger partial charge >= 0.3 is 5.97 Å². The zero-order chi connectivity index (χ0) is 24.3. The third-order valence-corrected chi connectivity index (χ3v) is 6.38. The second kappa shape index (κ2) is 13.2. The fourth-order valence-corrected chi connectivity index (χ4v) is 4.69. The molecule has 0 saturated carbocycles. The molecule has 0 aliphatic carbocycles. The van der Waals surface area contributed by atoms with E-state index < -0.39 is 0 Å². The second-order valence-electron chi connectivity index (χ2n) is 7.47. The minimum Gasteiger partial charge on any atom is -0.490 e. The number of carbonyl (C=O) groups excluding carboxylic acids is 2. The summed E-state index contributed by atoms with van der Waals surface area (Å²) in [5.74, 6) is 0.883. The van der Waals surface area contributed by atoms with Crippen LogP contribution in [0.2, 0.25) is 0 Å². The van der Waals surface area contributed by atoms with Gasteiger partial charge in [0.1, 0.15) is 4.32 Å². The minimum atomic E-state index is -0.266. The van der Waals surface area contributed by atoms with E-state index in [4.69, 9.17) is 26.4 Å². The van der Waals surface area contributed by atoms with Crippen molar-refractivity contribution in [1.82, 2.24) is 4.90 Å². The van der Waals surface area contributed by atoms with Crippen LogP contribution in [0.5, 0.6) is 11.5 Å². The number of thioether (sulfide) groups is 1. The van der Waals surface area contributed by atoms with Crippen LogP contribution in [0.25, 0.3) is 6.08 Å². The van der Waals surface area contributed by atoms with Crippen LogP contribution >= 0.6 is 24.0 Å². The maximum absolute atomic E-state index is 12.9. The van der Waals surface area contributed by atoms with E-state index in [9.17, 15) is 9.59 Å². The molecule has 0 N–H and O–H groups in total. The molecule has 1 aliphatic rings. The lowest BCUT2D eigenvalue weighted by atomic mass is 10.1. The summed E-state index contributed by atoms with van der Waals surface area (Å²) in [7, 11) is 0. The normalized spacial score (nSPS) is 14.5. The Kier molecular flexibility index (Phi) is 9.97. The second-order valence-corrected chi connectivity index (χ2v) is 9.14. The van der Waals surface area contributed by atoms with Crippen molar-refractivity contribution in [2.45, 2.75) is 33.1 Å². The smallest absolute Gasteiger partial charge is 0.305 e. The van der Waals surface area contributed by atoms with E-state index in [1.54, 1.807) is 13.0 Å². The van der Waals surface area contributed by atoms with Gasteiger partial charge in [0.15, 0.2) is 11.5 Å². The van der Waals surface area contributed by atoms with Gasteiger partial charge in [-0.15, -0.1) is 0 Å². The predicted molar refractivity (Wildman–Crippen MR) is 139 cm³/mol. The van der Waals surface area contributed by atoms with Crippen molar-refractivity contribution in [3.8, 4) is 11.5 Å². The highest BCUT2D eigenvalue weighted by molar-refractivity contribution is 8.26. The summed E-state index contributed by atoms with van der Waals surface area (Å²) in [6.45, 7) is 5.46. The minimum absolute atomic E-state index is 0.153. The molecule has 3 rings (SSSR count). The number of thiocarbonyl (C=S) groups is 1. The van der Waals surface area contributed by atoms with Gasteiger partial charge in [0.2, 0.25) is 0 Å². The van der Waals surface area contributed by atoms with Gasteiger partial charge in [-0.25, -0.2) is 0 Å². The molecule has 0 atom stereocenters. The predicted octanol–water partition coefficient (Wildman–Crippen LogP) is 5.25. The standard InChI is InChI=1S/C26H29NO5S2/c1-3-30-22-17-20(12-13-21(22)32-16-14-19-9-6-5-7-10-19)18-23-25(29)27(26(33)34-23)15-8-11-24(28)31-4-2/h5-7,9-10,12-13,17-18H,3-4,8,11,14-16H2,1-2H3/b23-18-. The summed E-state index contributed by atoms with van der Waals surface area (Å²) >= 11 is 6.65. The van der Waals surface area contributed by atoms with E-state index in [0.29, 0.717) is 53.5 Å². The molecule has 0 radical (unpaired) electrons. The van der Waals surface area contributed by atoms with E-state index in [1.165, 1.54) is 22.2 Å². The van der Waals surface area contributed by atoms with Gasteiger partial charge in [-0.05, 0) is 49.6 Å². The van der Waals surface area contributed by atoms with Crippen molar-refractivity contribution in [2.75, 3.05) is 26.4 Å². The molecule has 0 bridgehead atoms. The number of benzene rings is 2. The molecule has 1 heterocycles. The number of amides is 1. The van der Waals surface area contributed by atoms with Crippen LogP contribution in [0.1, 0.15) is 37.8 Å². The fraction of sp³-hybridized carbons (Fsp3) is 0.346. The van der Waals surface area contributed by atoms with Gasteiger partial charge in [0.05, 0.1) is 24.7 Å². The molecule has 1 amide bonds. The Morgan fingerprint density at radius 1 is 1.06 bits per heavy atom. The Morgan fingerprint density at radius 2 is 1.85 bits per heavy atom. The number of ether oxygens (including phenoxy) is 3. The van der Waals surface area contributed by atoms with Crippen molar-refractivity contribution < 1.29 is 23.8 Å². The molecular formula is C26H29NO5S2. The molecule has 0 unspecified atom stereocenters. The lowest BCUT2D eigenvalue weighted by molar-refractivity contribution is -0.143. The molecule has 0 aromatic heterocycles. The first kappa shape index (κ1) is 25.8. The van der Waals surface area contributed by atoms with Gasteiger partial charge in [0.25, 0.3) is 5.91 Å². The van der Waals surface area contributed by atoms with Crippen molar-refractivity contribution in [1.29, 1.82) is 0 Å². The molecule has 2 aromatic rings. The highest BCUT2D eigenvalue weighted by Gasteiger charge is 2.31. The molecule has 1 aliphatic heterocycles. The van der Waals surface area contributed by atoms with E-state index in [2.05, 4.69) is 12.1 Å². The average molecular weight is 500 g/mol. The van der Waals surface area contributed by atoms with Gasteiger partial charge in [0, 0.05) is 19.4 Å². The number of hydrogen-bond donors (Lipinski definition) is 0. The largest absolute Gasteiger partial charge is 0.490 e. The van der Waals surface area contributed by atoms with Crippen molar-refractivity contribution >= 4 is 46.3 Å². The van der Waals surface area contributed by atoms with Crippen molar-refractivity contribution in [3.05, 3.63) is 64.6 Å². The Morgan fingerprint density at radius 3 is 2.59 bits per heavy atom. The van der Waals surface area contributed by atoms with Crippen molar-refractivity contribution in [3.63, 3.8) is 0 Å². The molecule has 1 saturated heterocycles. The zero-order valence-electron chi connectivity index (χ0n) is 19.5. The SMILES string of the molecule is CCOC(=O)CCCN1C(=O)/C(=C/c2ccc(OCCc3ccccc3)c(OCC)c2)SC1=S. The molecule has 0 spiro atoms. The summed E-state index contributed by atoms with van der Waals surface area (Å²) in [6, 6.07) is 15.8. The number of esters is 1. The molecule has 8 heteroatoms. The summed E-state index contributed by atoms with van der Waals surface area (Å²) < 4.78 is 17.2. The molecule has 34 heavy (non-hydrogen) atoms. The molecule has 180 valence electrons. The average Bonchev–Trinajstić information content (AvgIpc) is 3.09. The monoisotopic (exact) mass is 499 g/mol. The summed E-state index contributed by atoms with van der Waals surface area (Å²) in [5.41, 5.74) is 2.03. The number of carbonyl (C=O) groups is 2. The Hall–Kier alpha value is -2.84. The summed E-state index contributed by atoms with van der Waals surface area (Å²) in [6.07, 6.45) is 3.36. The van der Waals surface area contributed by atoms with Gasteiger partial charge in [-0.3, -0.25) is 14.5 Å². The topological polar surface area (TPSA) is 65.1 Å². The van der Waals surface area contributed by atoms with Crippen LogP contribution < -0.4 is 9.47 Å². The Balaban J connectivity index is 1.63. The van der Waals surface area contributed by atoms with Gasteiger partial charge in [-0.1, -0.05) is 60.4 Å². The van der Waals surface area contributed by atoms with Crippen LogP contribution in [0.3, 0.4) is 0 Å². The van der Waals surface area contributed by atoms with E-state index in [0.717, 1.165) is 12.0 Å². The highest BCUT2D eigenvalue weighted by Crippen LogP contribution is 2.35. The first-order chi connectivity index (χ1) is 16.5. The summed E-state index contributed by atoms with van der Waals surface area (Å²) in [4.78, 5) is 26.5. The van der Waals surface area contributed by atoms with Crippen LogP contribution in [0.4, 0.5) is 0 Å². The zero-order valence-corrected chi connectivity index (χ0v) is 21.1. The molecular weight excluding hydrogens is 470 g/mol. The third-order valence-electron chi connectivity index (χ3n) is 5.00. The van der Waals surface area contributed by atoms with Crippen molar-refractivity contribution in [2.24, 2.45) is 0 Å². The quantitative estimate of drug-likeness (QED) is 0.224. The first-order valence-corrected chi connectivity index (χ1v) is 12.6. The molecule has 6 nitrogen and oxygen atoms in total. The summed E-state index contributed by atoms with van der Waals surface area (Å²) in [5, 5.41) is 0. The number of rotatable bonds is 12. The number of hydrogen-bond acceptors (Lipinski definition) is 7. The van der Waals surface area contributed by atoms with Gasteiger partial charge < -0.3 is 14.2 Å². The Labute approximate surface area is 210 Å². The number of nitrogens with zero attached hydrogens (tertiary/aromatic N) is 1. The third kappa shape index (κ3) is 7.33. The van der Waals surface area contributed by atoms with E-state index in [-0.39, 0.29) is 18.3 Å². The maximum atomic E-state index is 12.9. The van der Waals surface area contributed by atoms with Crippen LogP contribution in [-0.2, 0) is 20.7 Å². The lowest BCUT2D eigenvalue weighted by Crippen LogP contribution is -2.29. The van der Waals surface area contributed by atoms with Crippen LogP contribution in [0.15, 0.2) is 53.4 Å². The van der Waals surface area contributed by atoms with Gasteiger partial charge in [-0.2, -0.15) is 0 Å². The molecule has 2 aromatic carbocycles. The fourth-order valence-electron chi connectivity index (χ4n) is 3.38. The van der Waals surface area contributed by atoms with E-state index in [1.807, 2.05) is 43.3 Å². The highest BCUT2D eigenvalue weighted by atomic mass is 32.2. The van der Waals surface area contributed by atoms with Crippen LogP contribution in [0, 0.1) is 0 Å². The maximum Gasteiger partial charge on any atom is 0.305 e. The first-order valence-electron chi connectivity index (χ1n) is 11.4.